The van der Waals surface area contributed by atoms with Gasteiger partial charge in [-0.1, -0.05) is 6.07 Å². The Balaban J connectivity index is 2.50. The fraction of sp³-hybridized carbons (Fsp3) is 0.0833. The van der Waals surface area contributed by atoms with Gasteiger partial charge in [-0.15, -0.1) is 0 Å². The number of nitro groups is 1. The fourth-order valence-corrected chi connectivity index (χ4v) is 1.66. The quantitative estimate of drug-likeness (QED) is 0.501. The molecule has 0 radical (unpaired) electrons. The lowest BCUT2D eigenvalue weighted by Crippen LogP contribution is -2.17. The third-order valence-electron chi connectivity index (χ3n) is 2.55. The number of carbonyl (C=O) groups is 1. The van der Waals surface area contributed by atoms with E-state index in [-0.39, 0.29) is 22.8 Å². The van der Waals surface area contributed by atoms with E-state index in [9.17, 15) is 14.9 Å². The summed E-state index contributed by atoms with van der Waals surface area (Å²) in [6.45, 7) is 1.74. The van der Waals surface area contributed by atoms with E-state index in [1.807, 2.05) is 0 Å². The molecule has 0 saturated carbocycles. The van der Waals surface area contributed by atoms with Crippen LogP contribution in [-0.2, 0) is 0 Å². The van der Waals surface area contributed by atoms with Crippen molar-refractivity contribution in [1.29, 1.82) is 0 Å². The summed E-state index contributed by atoms with van der Waals surface area (Å²) in [4.78, 5) is 21.6. The molecule has 0 atom stereocenters. The first kappa shape index (κ1) is 12.8. The molecule has 1 heterocycles. The number of rotatable bonds is 3. The number of carbonyl (C=O) groups excluding carboxylic acids is 1. The SMILES string of the molecule is Cc1ccc(-c2ccc(C(=O)NO)o2)c([N+](=O)[O-])c1. The molecule has 0 aliphatic carbocycles. The van der Waals surface area contributed by atoms with Gasteiger partial charge in [0.05, 0.1) is 10.5 Å². The van der Waals surface area contributed by atoms with Gasteiger partial charge in [0.2, 0.25) is 0 Å². The highest BCUT2D eigenvalue weighted by Crippen LogP contribution is 2.31. The number of hydroxylamine groups is 1. The van der Waals surface area contributed by atoms with Crippen molar-refractivity contribution in [3.8, 4) is 11.3 Å². The fourth-order valence-electron chi connectivity index (χ4n) is 1.66. The summed E-state index contributed by atoms with van der Waals surface area (Å²) in [5, 5.41) is 19.5. The molecular formula is C12H10N2O5. The molecule has 7 heteroatoms. The smallest absolute Gasteiger partial charge is 0.310 e. The first-order valence-electron chi connectivity index (χ1n) is 5.32. The van der Waals surface area contributed by atoms with Crippen LogP contribution < -0.4 is 5.48 Å². The van der Waals surface area contributed by atoms with Gasteiger partial charge in [-0.05, 0) is 30.7 Å². The van der Waals surface area contributed by atoms with Crippen molar-refractivity contribution in [3.05, 3.63) is 51.8 Å². The molecule has 1 aromatic heterocycles. The number of benzene rings is 1. The summed E-state index contributed by atoms with van der Waals surface area (Å²) < 4.78 is 5.18. The highest BCUT2D eigenvalue weighted by molar-refractivity contribution is 5.91. The van der Waals surface area contributed by atoms with E-state index in [0.717, 1.165) is 5.56 Å². The number of hydrogen-bond acceptors (Lipinski definition) is 5. The minimum Gasteiger partial charge on any atom is -0.451 e. The van der Waals surface area contributed by atoms with Crippen LogP contribution in [0.5, 0.6) is 0 Å². The zero-order chi connectivity index (χ0) is 14.0. The number of hydrogen-bond donors (Lipinski definition) is 2. The molecule has 1 amide bonds. The second kappa shape index (κ2) is 4.91. The van der Waals surface area contributed by atoms with Gasteiger partial charge in [0, 0.05) is 6.07 Å². The second-order valence-corrected chi connectivity index (χ2v) is 3.88. The molecule has 7 nitrogen and oxygen atoms in total. The minimum atomic E-state index is -0.819. The largest absolute Gasteiger partial charge is 0.451 e. The lowest BCUT2D eigenvalue weighted by molar-refractivity contribution is -0.384. The van der Waals surface area contributed by atoms with Gasteiger partial charge in [-0.2, -0.15) is 0 Å². The van der Waals surface area contributed by atoms with Crippen LogP contribution in [0.3, 0.4) is 0 Å². The van der Waals surface area contributed by atoms with E-state index < -0.39 is 10.8 Å². The van der Waals surface area contributed by atoms with Crippen LogP contribution in [0.2, 0.25) is 0 Å². The number of furan rings is 1. The molecule has 2 aromatic rings. The number of nitrogens with one attached hydrogen (secondary N) is 1. The molecule has 2 N–H and O–H groups in total. The molecule has 1 aromatic carbocycles. The van der Waals surface area contributed by atoms with Crippen molar-refractivity contribution in [2.45, 2.75) is 6.92 Å². The van der Waals surface area contributed by atoms with Gasteiger partial charge in [0.1, 0.15) is 5.76 Å². The lowest BCUT2D eigenvalue weighted by Gasteiger charge is -2.01. The predicted molar refractivity (Wildman–Crippen MR) is 64.8 cm³/mol. The first-order valence-corrected chi connectivity index (χ1v) is 5.32. The van der Waals surface area contributed by atoms with Gasteiger partial charge in [-0.25, -0.2) is 5.48 Å². The average Bonchev–Trinajstić information content (AvgIpc) is 2.87. The maximum absolute atomic E-state index is 11.1. The van der Waals surface area contributed by atoms with Crippen LogP contribution in [0.15, 0.2) is 34.7 Å². The Labute approximate surface area is 107 Å². The number of aryl methyl sites for hydroxylation is 1. The molecular weight excluding hydrogens is 252 g/mol. The maximum atomic E-state index is 11.1. The lowest BCUT2D eigenvalue weighted by atomic mass is 10.1. The Bertz CT molecular complexity index is 647. The Kier molecular flexibility index (Phi) is 3.30. The van der Waals surface area contributed by atoms with Gasteiger partial charge < -0.3 is 4.42 Å². The third kappa shape index (κ3) is 2.45. The van der Waals surface area contributed by atoms with Gasteiger partial charge in [0.15, 0.2) is 5.76 Å². The molecule has 0 saturated heterocycles. The van der Waals surface area contributed by atoms with Gasteiger partial charge in [0.25, 0.3) is 5.69 Å². The Morgan fingerprint density at radius 2 is 2.11 bits per heavy atom. The molecule has 0 unspecified atom stereocenters. The maximum Gasteiger partial charge on any atom is 0.310 e. The van der Waals surface area contributed by atoms with Crippen LogP contribution in [0.25, 0.3) is 11.3 Å². The molecule has 0 aliphatic heterocycles. The topological polar surface area (TPSA) is 106 Å². The van der Waals surface area contributed by atoms with E-state index in [2.05, 4.69) is 0 Å². The van der Waals surface area contributed by atoms with Crippen LogP contribution >= 0.6 is 0 Å². The van der Waals surface area contributed by atoms with E-state index >= 15 is 0 Å². The van der Waals surface area contributed by atoms with Crippen LogP contribution in [-0.4, -0.2) is 16.0 Å². The average molecular weight is 262 g/mol. The van der Waals surface area contributed by atoms with E-state index in [1.54, 1.807) is 19.1 Å². The van der Waals surface area contributed by atoms with E-state index in [0.29, 0.717) is 0 Å². The van der Waals surface area contributed by atoms with Crippen LogP contribution in [0, 0.1) is 17.0 Å². The number of nitro benzene ring substituents is 1. The highest BCUT2D eigenvalue weighted by Gasteiger charge is 2.19. The van der Waals surface area contributed by atoms with Crippen molar-refractivity contribution >= 4 is 11.6 Å². The highest BCUT2D eigenvalue weighted by atomic mass is 16.6. The third-order valence-corrected chi connectivity index (χ3v) is 2.55. The summed E-state index contributed by atoms with van der Waals surface area (Å²) in [6, 6.07) is 7.43. The van der Waals surface area contributed by atoms with E-state index in [4.69, 9.17) is 9.62 Å². The minimum absolute atomic E-state index is 0.106. The van der Waals surface area contributed by atoms with Crippen molar-refractivity contribution < 1.29 is 19.3 Å². The Morgan fingerprint density at radius 1 is 1.37 bits per heavy atom. The van der Waals surface area contributed by atoms with Gasteiger partial charge >= 0.3 is 5.91 Å². The second-order valence-electron chi connectivity index (χ2n) is 3.88. The zero-order valence-corrected chi connectivity index (χ0v) is 9.91. The summed E-state index contributed by atoms with van der Waals surface area (Å²) in [7, 11) is 0. The molecule has 2 rings (SSSR count). The monoisotopic (exact) mass is 262 g/mol. The number of nitrogens with zero attached hydrogens (tertiary/aromatic N) is 1. The van der Waals surface area contributed by atoms with Crippen molar-refractivity contribution in [2.24, 2.45) is 0 Å². The zero-order valence-electron chi connectivity index (χ0n) is 9.91. The Hall–Kier alpha value is -2.67. The molecule has 0 bridgehead atoms. The Morgan fingerprint density at radius 3 is 2.74 bits per heavy atom. The van der Waals surface area contributed by atoms with Crippen LogP contribution in [0.1, 0.15) is 16.1 Å². The normalized spacial score (nSPS) is 10.2. The van der Waals surface area contributed by atoms with Crippen molar-refractivity contribution in [2.75, 3.05) is 0 Å². The molecule has 0 spiro atoms. The molecule has 98 valence electrons. The van der Waals surface area contributed by atoms with Crippen molar-refractivity contribution in [3.63, 3.8) is 0 Å². The predicted octanol–water partition coefficient (Wildman–Crippen LogP) is 2.28. The number of amides is 1. The van der Waals surface area contributed by atoms with Crippen molar-refractivity contribution in [1.82, 2.24) is 5.48 Å². The standard InChI is InChI=1S/C12H10N2O5/c1-7-2-3-8(9(6-7)14(17)18)10-4-5-11(19-10)12(15)13-16/h2-6,16H,1H3,(H,13,15). The van der Waals surface area contributed by atoms with E-state index in [1.165, 1.54) is 23.7 Å². The van der Waals surface area contributed by atoms with Crippen LogP contribution in [0.4, 0.5) is 5.69 Å². The summed E-state index contributed by atoms with van der Waals surface area (Å²) in [5.41, 5.74) is 2.34. The summed E-state index contributed by atoms with van der Waals surface area (Å²) in [6.07, 6.45) is 0. The molecule has 0 aliphatic rings. The molecule has 19 heavy (non-hydrogen) atoms. The molecule has 0 fully saturated rings. The summed E-state index contributed by atoms with van der Waals surface area (Å²) >= 11 is 0. The first-order chi connectivity index (χ1) is 9.02. The van der Waals surface area contributed by atoms with Gasteiger partial charge in [-0.3, -0.25) is 20.1 Å². The summed E-state index contributed by atoms with van der Waals surface area (Å²) in [5.74, 6) is -0.765.